The first kappa shape index (κ1) is 16.6. The maximum absolute atomic E-state index is 9.52. The second kappa shape index (κ2) is 6.82. The molecule has 2 aromatic rings. The summed E-state index contributed by atoms with van der Waals surface area (Å²) in [4.78, 5) is 9.80. The van der Waals surface area contributed by atoms with E-state index in [0.717, 1.165) is 35.9 Å². The Kier molecular flexibility index (Phi) is 4.54. The van der Waals surface area contributed by atoms with Crippen LogP contribution < -0.4 is 4.90 Å². The van der Waals surface area contributed by atoms with Crippen molar-refractivity contribution in [2.75, 3.05) is 24.5 Å². The minimum atomic E-state index is 0.638. The molecule has 130 valence electrons. The van der Waals surface area contributed by atoms with E-state index < -0.39 is 0 Å². The molecule has 1 atom stereocenters. The van der Waals surface area contributed by atoms with Crippen LogP contribution in [0.5, 0.6) is 0 Å². The van der Waals surface area contributed by atoms with E-state index in [2.05, 4.69) is 22.8 Å². The van der Waals surface area contributed by atoms with Crippen LogP contribution in [0.25, 0.3) is 10.9 Å². The van der Waals surface area contributed by atoms with Gasteiger partial charge in [-0.1, -0.05) is 11.6 Å². The molecule has 0 bridgehead atoms. The predicted octanol–water partition coefficient (Wildman–Crippen LogP) is 4.21. The maximum Gasteiger partial charge on any atom is 0.130 e. The van der Waals surface area contributed by atoms with Crippen molar-refractivity contribution in [1.82, 2.24) is 9.88 Å². The van der Waals surface area contributed by atoms with E-state index in [1.807, 2.05) is 24.3 Å². The van der Waals surface area contributed by atoms with Crippen molar-refractivity contribution in [2.24, 2.45) is 0 Å². The summed E-state index contributed by atoms with van der Waals surface area (Å²) in [5, 5.41) is 11.0. The Morgan fingerprint density at radius 1 is 1.16 bits per heavy atom. The second-order valence-electron chi connectivity index (χ2n) is 7.25. The van der Waals surface area contributed by atoms with Crippen molar-refractivity contribution in [3.05, 3.63) is 34.9 Å². The number of piperidine rings is 1. The molecule has 2 fully saturated rings. The Hall–Kier alpha value is -1.83. The van der Waals surface area contributed by atoms with Gasteiger partial charge in [0.25, 0.3) is 0 Å². The quantitative estimate of drug-likeness (QED) is 0.810. The third kappa shape index (κ3) is 3.19. The van der Waals surface area contributed by atoms with Crippen LogP contribution in [0.15, 0.2) is 24.3 Å². The number of fused-ring (bicyclic) bond motifs is 1. The summed E-state index contributed by atoms with van der Waals surface area (Å²) >= 11 is 6.07. The summed E-state index contributed by atoms with van der Waals surface area (Å²) in [7, 11) is 0. The van der Waals surface area contributed by atoms with Crippen LogP contribution in [-0.4, -0.2) is 41.6 Å². The molecule has 0 aliphatic carbocycles. The average Bonchev–Trinajstić information content (AvgIpc) is 3.07. The number of hydrogen-bond acceptors (Lipinski definition) is 4. The van der Waals surface area contributed by atoms with Crippen molar-refractivity contribution < 1.29 is 0 Å². The van der Waals surface area contributed by atoms with Gasteiger partial charge in [-0.15, -0.1) is 0 Å². The monoisotopic (exact) mass is 354 g/mol. The lowest BCUT2D eigenvalue weighted by atomic mass is 10.0. The topological polar surface area (TPSA) is 43.2 Å². The number of rotatable bonds is 2. The molecule has 3 heterocycles. The fourth-order valence-electron chi connectivity index (χ4n) is 4.36. The number of nitrogens with zero attached hydrogens (tertiary/aromatic N) is 4. The molecular weight excluding hydrogens is 332 g/mol. The van der Waals surface area contributed by atoms with Crippen molar-refractivity contribution in [3.63, 3.8) is 0 Å². The molecule has 0 amide bonds. The Morgan fingerprint density at radius 3 is 2.64 bits per heavy atom. The molecule has 0 N–H and O–H groups in total. The fourth-order valence-corrected chi connectivity index (χ4v) is 4.54. The molecule has 4 rings (SSSR count). The number of hydrogen-bond donors (Lipinski definition) is 0. The van der Waals surface area contributed by atoms with Gasteiger partial charge in [-0.05, 0) is 63.4 Å². The molecule has 25 heavy (non-hydrogen) atoms. The lowest BCUT2D eigenvalue weighted by molar-refractivity contribution is 0.163. The van der Waals surface area contributed by atoms with Crippen LogP contribution >= 0.6 is 11.6 Å². The molecule has 2 saturated heterocycles. The summed E-state index contributed by atoms with van der Waals surface area (Å²) < 4.78 is 0. The molecule has 1 aromatic carbocycles. The van der Waals surface area contributed by atoms with Gasteiger partial charge in [0.15, 0.2) is 0 Å². The Morgan fingerprint density at radius 2 is 1.96 bits per heavy atom. The van der Waals surface area contributed by atoms with Gasteiger partial charge in [-0.2, -0.15) is 5.26 Å². The number of benzene rings is 1. The van der Waals surface area contributed by atoms with Gasteiger partial charge in [0.1, 0.15) is 5.82 Å². The van der Waals surface area contributed by atoms with Crippen LogP contribution in [-0.2, 0) is 0 Å². The van der Waals surface area contributed by atoms with Crippen molar-refractivity contribution in [2.45, 2.75) is 44.7 Å². The van der Waals surface area contributed by atoms with Gasteiger partial charge in [0.2, 0.25) is 0 Å². The number of halogens is 1. The zero-order valence-corrected chi connectivity index (χ0v) is 15.3. The minimum absolute atomic E-state index is 0.638. The minimum Gasteiger partial charge on any atom is -0.356 e. The van der Waals surface area contributed by atoms with E-state index in [-0.39, 0.29) is 0 Å². The highest BCUT2D eigenvalue weighted by Crippen LogP contribution is 2.29. The van der Waals surface area contributed by atoms with Gasteiger partial charge in [0, 0.05) is 35.6 Å². The summed E-state index contributed by atoms with van der Waals surface area (Å²) in [5.74, 6) is 0.916. The first-order valence-corrected chi connectivity index (χ1v) is 9.54. The van der Waals surface area contributed by atoms with Gasteiger partial charge in [0.05, 0.1) is 17.1 Å². The van der Waals surface area contributed by atoms with Crippen LogP contribution in [0.2, 0.25) is 5.02 Å². The number of nitriles is 1. The van der Waals surface area contributed by atoms with Crippen molar-refractivity contribution in [3.8, 4) is 6.07 Å². The average molecular weight is 355 g/mol. The predicted molar refractivity (Wildman–Crippen MR) is 102 cm³/mol. The SMILES string of the molecule is CC1CCCN1C1CCN(c2cc(C#N)c3cc(Cl)ccc3n2)CC1. The van der Waals surface area contributed by atoms with Gasteiger partial charge in [-0.25, -0.2) is 4.98 Å². The highest BCUT2D eigenvalue weighted by atomic mass is 35.5. The van der Waals surface area contributed by atoms with Gasteiger partial charge >= 0.3 is 0 Å². The van der Waals surface area contributed by atoms with Crippen LogP contribution in [0, 0.1) is 11.3 Å². The molecule has 0 saturated carbocycles. The number of pyridine rings is 1. The molecule has 1 unspecified atom stereocenters. The second-order valence-corrected chi connectivity index (χ2v) is 7.69. The van der Waals surface area contributed by atoms with Crippen LogP contribution in [0.1, 0.15) is 38.2 Å². The lowest BCUT2D eigenvalue weighted by Crippen LogP contribution is -2.46. The van der Waals surface area contributed by atoms with Gasteiger partial charge < -0.3 is 4.90 Å². The highest BCUT2D eigenvalue weighted by molar-refractivity contribution is 6.31. The highest BCUT2D eigenvalue weighted by Gasteiger charge is 2.30. The van der Waals surface area contributed by atoms with E-state index in [1.165, 1.54) is 32.2 Å². The molecule has 1 aromatic heterocycles. The molecule has 2 aliphatic rings. The van der Waals surface area contributed by atoms with E-state index in [4.69, 9.17) is 16.6 Å². The van der Waals surface area contributed by atoms with Gasteiger partial charge in [-0.3, -0.25) is 4.90 Å². The Labute approximate surface area is 154 Å². The third-order valence-corrected chi connectivity index (χ3v) is 5.97. The van der Waals surface area contributed by atoms with E-state index in [9.17, 15) is 5.26 Å². The van der Waals surface area contributed by atoms with Crippen molar-refractivity contribution in [1.29, 1.82) is 5.26 Å². The Bertz CT molecular complexity index is 820. The standard InChI is InChI=1S/C20H23ClN4/c1-14-3-2-8-25(14)17-6-9-24(10-7-17)20-11-15(13-22)18-12-16(21)4-5-19(18)23-20/h4-5,11-12,14,17H,2-3,6-10H2,1H3. The lowest BCUT2D eigenvalue weighted by Gasteiger charge is -2.39. The number of anilines is 1. The van der Waals surface area contributed by atoms with E-state index in [1.54, 1.807) is 0 Å². The maximum atomic E-state index is 9.52. The number of likely N-dealkylation sites (tertiary alicyclic amines) is 1. The molecular formula is C20H23ClN4. The molecule has 0 radical (unpaired) electrons. The third-order valence-electron chi connectivity index (χ3n) is 5.74. The van der Waals surface area contributed by atoms with E-state index in [0.29, 0.717) is 16.6 Å². The smallest absolute Gasteiger partial charge is 0.130 e. The molecule has 4 nitrogen and oxygen atoms in total. The Balaban J connectivity index is 1.55. The largest absolute Gasteiger partial charge is 0.356 e. The van der Waals surface area contributed by atoms with Crippen LogP contribution in [0.3, 0.4) is 0 Å². The first-order valence-electron chi connectivity index (χ1n) is 9.17. The zero-order chi connectivity index (χ0) is 17.4. The molecule has 0 spiro atoms. The molecule has 5 heteroatoms. The summed E-state index contributed by atoms with van der Waals surface area (Å²) in [6.45, 7) is 5.61. The normalized spacial score (nSPS) is 22.4. The van der Waals surface area contributed by atoms with E-state index >= 15 is 0 Å². The number of aromatic nitrogens is 1. The summed E-state index contributed by atoms with van der Waals surface area (Å²) in [6, 6.07) is 11.2. The summed E-state index contributed by atoms with van der Waals surface area (Å²) in [6.07, 6.45) is 5.02. The summed E-state index contributed by atoms with van der Waals surface area (Å²) in [5.41, 5.74) is 1.49. The zero-order valence-electron chi connectivity index (χ0n) is 14.6. The molecule has 2 aliphatic heterocycles. The fraction of sp³-hybridized carbons (Fsp3) is 0.500. The first-order chi connectivity index (χ1) is 12.2. The van der Waals surface area contributed by atoms with Crippen LogP contribution in [0.4, 0.5) is 5.82 Å². The van der Waals surface area contributed by atoms with Crippen molar-refractivity contribution >= 4 is 28.3 Å².